The van der Waals surface area contributed by atoms with Gasteiger partial charge in [0.25, 0.3) is 0 Å². The minimum atomic E-state index is -0.772. The minimum Gasteiger partial charge on any atom is -0.507 e. The fourth-order valence-electron chi connectivity index (χ4n) is 6.77. The third-order valence-corrected chi connectivity index (χ3v) is 9.14. The van der Waals surface area contributed by atoms with E-state index in [4.69, 9.17) is 31.1 Å². The van der Waals surface area contributed by atoms with E-state index in [0.29, 0.717) is 50.8 Å². The summed E-state index contributed by atoms with van der Waals surface area (Å²) in [7, 11) is 0. The van der Waals surface area contributed by atoms with Crippen molar-refractivity contribution in [2.75, 3.05) is 83.7 Å². The molecule has 13 heteroatoms. The number of para-hydroxylation sites is 1. The highest BCUT2D eigenvalue weighted by Crippen LogP contribution is 2.36. The minimum absolute atomic E-state index is 0.0327. The number of piperazine rings is 2. The Hall–Kier alpha value is -4.04. The molecule has 2 aromatic rings. The van der Waals surface area contributed by atoms with E-state index in [-0.39, 0.29) is 35.9 Å². The Bertz CT molecular complexity index is 1400. The number of benzene rings is 1. The lowest BCUT2D eigenvalue weighted by atomic mass is 10.1. The molecule has 1 aromatic carbocycles. The third-order valence-electron chi connectivity index (χ3n) is 9.14. The number of rotatable bonds is 17. The second-order valence-corrected chi connectivity index (χ2v) is 12.4. The van der Waals surface area contributed by atoms with Crippen LogP contribution < -0.4 is 10.6 Å². The van der Waals surface area contributed by atoms with Crippen molar-refractivity contribution in [1.82, 2.24) is 19.7 Å². The predicted molar refractivity (Wildman–Crippen MR) is 181 cm³/mol. The van der Waals surface area contributed by atoms with Crippen LogP contribution in [0.5, 0.6) is 5.75 Å². The second kappa shape index (κ2) is 16.7. The Morgan fingerprint density at radius 2 is 1.66 bits per heavy atom. The van der Waals surface area contributed by atoms with Crippen LogP contribution in [0.3, 0.4) is 0 Å². The molecule has 0 amide bonds. The number of aryl methyl sites for hydroxylation is 1. The Kier molecular flexibility index (Phi) is 12.2. The van der Waals surface area contributed by atoms with Gasteiger partial charge >= 0.3 is 5.97 Å². The van der Waals surface area contributed by atoms with E-state index in [1.165, 1.54) is 0 Å². The normalized spacial score (nSPS) is 20.5. The van der Waals surface area contributed by atoms with Crippen molar-refractivity contribution in [3.05, 3.63) is 65.6 Å². The lowest BCUT2D eigenvalue weighted by Crippen LogP contribution is -2.54. The first kappa shape index (κ1) is 34.3. The number of phenolic OH excluding ortho intramolecular Hbond substituents is 1. The Labute approximate surface area is 276 Å². The molecule has 0 spiro atoms. The van der Waals surface area contributed by atoms with Crippen LogP contribution in [0.15, 0.2) is 54.4 Å². The maximum atomic E-state index is 10.8. The van der Waals surface area contributed by atoms with Crippen molar-refractivity contribution in [2.45, 2.75) is 37.8 Å². The monoisotopic (exact) mass is 648 g/mol. The van der Waals surface area contributed by atoms with Gasteiger partial charge in [0.2, 0.25) is 0 Å². The number of carboxylic acids is 1. The topological polar surface area (TPSA) is 176 Å². The number of amidine groups is 1. The molecule has 3 aliphatic heterocycles. The fourth-order valence-corrected chi connectivity index (χ4v) is 6.77. The van der Waals surface area contributed by atoms with Gasteiger partial charge in [0.05, 0.1) is 37.8 Å². The van der Waals surface area contributed by atoms with Crippen LogP contribution in [0.4, 0.5) is 5.69 Å². The number of nitrogens with zero attached hydrogens (tertiary/aromatic N) is 5. The molecule has 13 nitrogen and oxygen atoms in total. The van der Waals surface area contributed by atoms with Gasteiger partial charge in [0.1, 0.15) is 11.6 Å². The number of hydrogen-bond acceptors (Lipinski definition) is 11. The average molecular weight is 649 g/mol. The lowest BCUT2D eigenvalue weighted by molar-refractivity contribution is -0.138. The summed E-state index contributed by atoms with van der Waals surface area (Å²) < 4.78 is 11.5. The summed E-state index contributed by atoms with van der Waals surface area (Å²) in [6, 6.07) is 11.5. The maximum absolute atomic E-state index is 10.8. The van der Waals surface area contributed by atoms with Gasteiger partial charge in [0, 0.05) is 87.6 Å². The number of pyridine rings is 1. The number of likely N-dealkylation sites (tertiary alicyclic amines) is 1. The molecule has 1 aromatic heterocycles. The van der Waals surface area contributed by atoms with Gasteiger partial charge in [-0.1, -0.05) is 12.1 Å². The molecule has 0 radical (unpaired) electrons. The molecule has 3 fully saturated rings. The number of fused-ring (bicyclic) bond motifs is 2. The summed E-state index contributed by atoms with van der Waals surface area (Å²) in [5.41, 5.74) is 9.26. The number of allylic oxidation sites excluding steroid dienone is 1. The number of aromatic hydroxyl groups is 1. The summed E-state index contributed by atoms with van der Waals surface area (Å²) >= 11 is 0. The number of hydrogen-bond donors (Lipinski definition) is 5. The highest BCUT2D eigenvalue weighted by Gasteiger charge is 2.41. The van der Waals surface area contributed by atoms with Crippen LogP contribution >= 0.6 is 0 Å². The quantitative estimate of drug-likeness (QED) is 0.0964. The van der Waals surface area contributed by atoms with Gasteiger partial charge in [0.15, 0.2) is 0 Å². The molecule has 4 heterocycles. The van der Waals surface area contributed by atoms with Crippen molar-refractivity contribution in [3.8, 4) is 5.75 Å². The molecule has 0 saturated carbocycles. The van der Waals surface area contributed by atoms with Crippen molar-refractivity contribution >= 4 is 23.2 Å². The number of carboxylic acid groups (broad SMARTS) is 1. The zero-order chi connectivity index (χ0) is 33.2. The van der Waals surface area contributed by atoms with Crippen LogP contribution in [0.2, 0.25) is 0 Å². The number of carbonyl (C=O) groups is 1. The molecular weight excluding hydrogens is 600 g/mol. The van der Waals surface area contributed by atoms with Crippen molar-refractivity contribution in [2.24, 2.45) is 5.73 Å². The zero-order valence-electron chi connectivity index (χ0n) is 27.0. The standard InChI is InChI=1S/C34H48N8O5/c35-30(29-5-1-2-6-32(29)43)21-31(34(36)37)41-22-27-7-8-28(23-41)42(27)26-9-10-38-25(20-26)4-3-16-46-18-19-47-17-15-39-11-13-40(14-12-39)24-33(44)45/h1-2,5-6,9-10,20-21,27-28,35,43H,3-4,7-8,11-19,22-24H2,(H3,36,37)(H,44,45)/b31-21+,35-30?. The van der Waals surface area contributed by atoms with Gasteiger partial charge in [-0.25, -0.2) is 0 Å². The number of aromatic nitrogens is 1. The number of ether oxygens (including phenoxy) is 2. The molecule has 3 aliphatic rings. The molecule has 5 rings (SSSR count). The van der Waals surface area contributed by atoms with E-state index in [1.807, 2.05) is 11.1 Å². The van der Waals surface area contributed by atoms with Crippen molar-refractivity contribution in [3.63, 3.8) is 0 Å². The van der Waals surface area contributed by atoms with E-state index < -0.39 is 5.97 Å². The van der Waals surface area contributed by atoms with Gasteiger partial charge in [-0.15, -0.1) is 0 Å². The maximum Gasteiger partial charge on any atom is 0.317 e. The van der Waals surface area contributed by atoms with Gasteiger partial charge in [-0.05, 0) is 56.0 Å². The van der Waals surface area contributed by atoms with Crippen LogP contribution in [-0.2, 0) is 20.7 Å². The third kappa shape index (κ3) is 9.50. The van der Waals surface area contributed by atoms with Crippen LogP contribution in [0.1, 0.15) is 30.5 Å². The molecule has 2 unspecified atom stereocenters. The van der Waals surface area contributed by atoms with Gasteiger partial charge < -0.3 is 40.6 Å². The first-order valence-corrected chi connectivity index (χ1v) is 16.5. The second-order valence-electron chi connectivity index (χ2n) is 12.4. The number of phenols is 1. The van der Waals surface area contributed by atoms with E-state index in [2.05, 4.69) is 31.8 Å². The fraction of sp³-hybridized carbons (Fsp3) is 0.529. The van der Waals surface area contributed by atoms with Crippen molar-refractivity contribution in [1.29, 1.82) is 10.8 Å². The average Bonchev–Trinajstić information content (AvgIpc) is 3.32. The van der Waals surface area contributed by atoms with E-state index in [0.717, 1.165) is 69.8 Å². The first-order valence-electron chi connectivity index (χ1n) is 16.5. The van der Waals surface area contributed by atoms with Crippen molar-refractivity contribution < 1.29 is 24.5 Å². The summed E-state index contributed by atoms with van der Waals surface area (Å²) in [4.78, 5) is 24.3. The molecule has 3 saturated heterocycles. The largest absolute Gasteiger partial charge is 0.507 e. The summed E-state index contributed by atoms with van der Waals surface area (Å²) in [6.45, 7) is 8.04. The molecule has 6 N–H and O–H groups in total. The molecule has 47 heavy (non-hydrogen) atoms. The van der Waals surface area contributed by atoms with E-state index >= 15 is 0 Å². The highest BCUT2D eigenvalue weighted by atomic mass is 16.5. The number of nitrogens with two attached hydrogens (primary N) is 1. The molecule has 2 atom stereocenters. The van der Waals surface area contributed by atoms with E-state index in [1.54, 1.807) is 30.3 Å². The van der Waals surface area contributed by atoms with Gasteiger partial charge in [-0.2, -0.15) is 0 Å². The summed E-state index contributed by atoms with van der Waals surface area (Å²) in [5.74, 6) is -0.820. The smallest absolute Gasteiger partial charge is 0.317 e. The highest BCUT2D eigenvalue weighted by molar-refractivity contribution is 6.12. The first-order chi connectivity index (χ1) is 22.8. The van der Waals surface area contributed by atoms with Gasteiger partial charge in [-0.3, -0.25) is 25.0 Å². The summed E-state index contributed by atoms with van der Waals surface area (Å²) in [5, 5.41) is 35.9. The lowest BCUT2D eigenvalue weighted by Gasteiger charge is -2.44. The van der Waals surface area contributed by atoms with Crippen LogP contribution in [0, 0.1) is 10.8 Å². The number of nitrogens with one attached hydrogen (secondary N) is 2. The molecular formula is C34H48N8O5. The Morgan fingerprint density at radius 1 is 0.979 bits per heavy atom. The SMILES string of the molecule is N=C(N)/C(=C\C(=N)c1ccccc1O)N1CC2CCC(C1)N2c1ccnc(CCCOCCOCCN2CCN(CC(=O)O)CC2)c1. The Morgan fingerprint density at radius 3 is 2.34 bits per heavy atom. The predicted octanol–water partition coefficient (Wildman–Crippen LogP) is 2.00. The molecule has 2 bridgehead atoms. The van der Waals surface area contributed by atoms with E-state index in [9.17, 15) is 9.90 Å². The summed E-state index contributed by atoms with van der Waals surface area (Å²) in [6.07, 6.45) is 7.25. The number of anilines is 1. The zero-order valence-corrected chi connectivity index (χ0v) is 27.0. The van der Waals surface area contributed by atoms with Crippen LogP contribution in [0.25, 0.3) is 0 Å². The Balaban J connectivity index is 1.02. The molecule has 254 valence electrons. The number of aliphatic carboxylic acids is 1. The molecule has 0 aliphatic carbocycles. The van der Waals surface area contributed by atoms with Crippen LogP contribution in [-0.4, -0.2) is 138 Å².